The molecule has 0 bridgehead atoms. The minimum absolute atomic E-state index is 0.130. The zero-order valence-electron chi connectivity index (χ0n) is 16.8. The van der Waals surface area contributed by atoms with Crippen molar-refractivity contribution in [1.29, 1.82) is 0 Å². The molecule has 2 amide bonds. The number of amides is 2. The van der Waals surface area contributed by atoms with Crippen LogP contribution in [0, 0.1) is 0 Å². The molecule has 0 unspecified atom stereocenters. The highest BCUT2D eigenvalue weighted by Gasteiger charge is 2.50. The summed E-state index contributed by atoms with van der Waals surface area (Å²) in [6, 6.07) is 0.130. The fraction of sp³-hybridized carbons (Fsp3) is 0.923. The second-order valence-corrected chi connectivity index (χ2v) is 22.6. The molecule has 2 rings (SSSR count). The molecule has 0 spiro atoms. The van der Waals surface area contributed by atoms with E-state index in [1.54, 1.807) is 9.80 Å². The number of urea groups is 1. The Bertz CT molecular complexity index is 389. The van der Waals surface area contributed by atoms with E-state index in [9.17, 15) is 4.79 Å². The van der Waals surface area contributed by atoms with Crippen molar-refractivity contribution in [2.24, 2.45) is 0 Å². The molecular formula is C13H34N2O5Si4. The Hall–Kier alpha value is -0.0225. The Morgan fingerprint density at radius 3 is 0.958 bits per heavy atom. The van der Waals surface area contributed by atoms with Crippen LogP contribution < -0.4 is 0 Å². The van der Waals surface area contributed by atoms with Crippen molar-refractivity contribution in [3.05, 3.63) is 0 Å². The smallest absolute Gasteiger partial charge is 0.319 e. The lowest BCUT2D eigenvalue weighted by Gasteiger charge is -2.46. The first-order chi connectivity index (χ1) is 10.5. The summed E-state index contributed by atoms with van der Waals surface area (Å²) in [5, 5.41) is 0. The first-order valence-electron chi connectivity index (χ1n) is 8.31. The molecule has 0 aromatic carbocycles. The van der Waals surface area contributed by atoms with Crippen LogP contribution in [0.25, 0.3) is 0 Å². The van der Waals surface area contributed by atoms with Gasteiger partial charge in [-0.3, -0.25) is 0 Å². The molecule has 2 aliphatic rings. The quantitative estimate of drug-likeness (QED) is 0.575. The number of carbonyl (C=O) groups excluding carboxylic acids is 1. The molecule has 142 valence electrons. The summed E-state index contributed by atoms with van der Waals surface area (Å²) in [7, 11) is -4.82. The van der Waals surface area contributed by atoms with E-state index in [1.807, 2.05) is 14.1 Å². The zero-order valence-corrected chi connectivity index (χ0v) is 20.8. The first-order valence-corrected chi connectivity index (χ1v) is 19.6. The molecule has 2 saturated heterocycles. The van der Waals surface area contributed by atoms with Crippen LogP contribution in [0.5, 0.6) is 0 Å². The van der Waals surface area contributed by atoms with Crippen LogP contribution in [-0.4, -0.2) is 77.3 Å². The molecule has 0 aromatic rings. The lowest BCUT2D eigenvalue weighted by molar-refractivity contribution is 0.205. The van der Waals surface area contributed by atoms with Crippen molar-refractivity contribution in [3.8, 4) is 0 Å². The van der Waals surface area contributed by atoms with Crippen LogP contribution in [0.1, 0.15) is 0 Å². The van der Waals surface area contributed by atoms with Gasteiger partial charge in [-0.05, 0) is 52.4 Å². The Morgan fingerprint density at radius 2 is 0.833 bits per heavy atom. The van der Waals surface area contributed by atoms with Gasteiger partial charge in [-0.1, -0.05) is 0 Å². The molecule has 2 fully saturated rings. The van der Waals surface area contributed by atoms with Crippen LogP contribution in [0.2, 0.25) is 52.4 Å². The molecule has 0 saturated carbocycles. The lowest BCUT2D eigenvalue weighted by Crippen LogP contribution is -2.64. The predicted molar refractivity (Wildman–Crippen MR) is 105 cm³/mol. The summed E-state index contributed by atoms with van der Waals surface area (Å²) < 4.78 is 24.6. The Morgan fingerprint density at radius 1 is 0.625 bits per heavy atom. The van der Waals surface area contributed by atoms with E-state index in [1.165, 1.54) is 0 Å². The Balaban J connectivity index is 0.000000300. The van der Waals surface area contributed by atoms with E-state index in [4.69, 9.17) is 16.5 Å². The molecule has 0 aliphatic carbocycles. The average Bonchev–Trinajstić information content (AvgIpc) is 2.53. The standard InChI is InChI=1S/C8H24O4Si4.C5H10N2O/c1-13(2)9-14(3,4)11-16(7,8)12-15(5,6)10-13;1-6-3-4-7(2)5(6)8/h1-8H3;3-4H2,1-2H3. The summed E-state index contributed by atoms with van der Waals surface area (Å²) in [4.78, 5) is 14.2. The van der Waals surface area contributed by atoms with Crippen LogP contribution in [0.3, 0.4) is 0 Å². The van der Waals surface area contributed by atoms with Gasteiger partial charge in [0.25, 0.3) is 0 Å². The average molecular weight is 411 g/mol. The molecule has 24 heavy (non-hydrogen) atoms. The number of hydrogen-bond donors (Lipinski definition) is 0. The molecule has 0 atom stereocenters. The van der Waals surface area contributed by atoms with E-state index >= 15 is 0 Å². The summed E-state index contributed by atoms with van der Waals surface area (Å²) in [5.41, 5.74) is 0. The maximum atomic E-state index is 10.8. The first kappa shape index (κ1) is 22.0. The molecule has 2 aliphatic heterocycles. The normalized spacial score (nSPS) is 27.8. The molecule has 11 heteroatoms. The fourth-order valence-corrected chi connectivity index (χ4v) is 24.3. The Labute approximate surface area is 151 Å². The second kappa shape index (κ2) is 7.31. The van der Waals surface area contributed by atoms with E-state index < -0.39 is 34.2 Å². The minimum Gasteiger partial charge on any atom is -0.416 e. The van der Waals surface area contributed by atoms with Crippen LogP contribution in [0.4, 0.5) is 4.79 Å². The summed E-state index contributed by atoms with van der Waals surface area (Å²) in [6.45, 7) is 18.3. The third kappa shape index (κ3) is 7.07. The van der Waals surface area contributed by atoms with Gasteiger partial charge in [-0.25, -0.2) is 4.79 Å². The van der Waals surface area contributed by atoms with E-state index in [0.29, 0.717) is 0 Å². The molecular weight excluding hydrogens is 376 g/mol. The van der Waals surface area contributed by atoms with Crippen molar-refractivity contribution >= 4 is 40.3 Å². The highest BCUT2D eigenvalue weighted by Crippen LogP contribution is 2.30. The third-order valence-electron chi connectivity index (χ3n) is 3.39. The van der Waals surface area contributed by atoms with Gasteiger partial charge >= 0.3 is 40.3 Å². The summed E-state index contributed by atoms with van der Waals surface area (Å²) >= 11 is 0. The van der Waals surface area contributed by atoms with Gasteiger partial charge in [0.15, 0.2) is 0 Å². The Kier molecular flexibility index (Phi) is 6.70. The van der Waals surface area contributed by atoms with Gasteiger partial charge in [0.2, 0.25) is 0 Å². The van der Waals surface area contributed by atoms with Crippen LogP contribution in [0.15, 0.2) is 0 Å². The number of carbonyl (C=O) groups is 1. The second-order valence-electron chi connectivity index (χ2n) is 8.13. The van der Waals surface area contributed by atoms with Gasteiger partial charge in [0, 0.05) is 27.2 Å². The lowest BCUT2D eigenvalue weighted by atomic mass is 10.6. The SMILES string of the molecule is CN1CCN(C)C1=O.C[Si]1(C)O[Si](C)(C)O[Si](C)(C)O[Si](C)(C)O1. The van der Waals surface area contributed by atoms with Gasteiger partial charge in [-0.2, -0.15) is 0 Å². The number of likely N-dealkylation sites (N-methyl/N-ethyl adjacent to an activating group) is 2. The van der Waals surface area contributed by atoms with E-state index in [2.05, 4.69) is 52.4 Å². The van der Waals surface area contributed by atoms with Gasteiger partial charge in [0.05, 0.1) is 0 Å². The largest absolute Gasteiger partial charge is 0.416 e. The van der Waals surface area contributed by atoms with E-state index in [0.717, 1.165) is 13.1 Å². The number of hydrogen-bond acceptors (Lipinski definition) is 5. The van der Waals surface area contributed by atoms with E-state index in [-0.39, 0.29) is 6.03 Å². The van der Waals surface area contributed by atoms with Crippen molar-refractivity contribution in [2.75, 3.05) is 27.2 Å². The van der Waals surface area contributed by atoms with Crippen LogP contribution >= 0.6 is 0 Å². The summed E-state index contributed by atoms with van der Waals surface area (Å²) in [6.07, 6.45) is 0. The van der Waals surface area contributed by atoms with Crippen LogP contribution in [-0.2, 0) is 16.5 Å². The number of rotatable bonds is 0. The maximum Gasteiger partial charge on any atom is 0.319 e. The minimum atomic E-state index is -2.11. The predicted octanol–water partition coefficient (Wildman–Crippen LogP) is 2.86. The molecule has 0 aromatic heterocycles. The van der Waals surface area contributed by atoms with Gasteiger partial charge in [-0.15, -0.1) is 0 Å². The molecule has 0 radical (unpaired) electrons. The highest BCUT2D eigenvalue weighted by molar-refractivity contribution is 6.92. The van der Waals surface area contributed by atoms with Crippen molar-refractivity contribution in [1.82, 2.24) is 9.80 Å². The van der Waals surface area contributed by atoms with Crippen molar-refractivity contribution in [2.45, 2.75) is 52.4 Å². The third-order valence-corrected chi connectivity index (χ3v) is 19.1. The topological polar surface area (TPSA) is 60.5 Å². The van der Waals surface area contributed by atoms with Gasteiger partial charge in [0.1, 0.15) is 0 Å². The molecule has 2 heterocycles. The fourth-order valence-electron chi connectivity index (χ4n) is 3.23. The molecule has 0 N–H and O–H groups in total. The number of nitrogens with zero attached hydrogens (tertiary/aromatic N) is 2. The van der Waals surface area contributed by atoms with Gasteiger partial charge < -0.3 is 26.3 Å². The maximum absolute atomic E-state index is 10.8. The zero-order chi connectivity index (χ0) is 19.0. The van der Waals surface area contributed by atoms with Crippen molar-refractivity contribution < 1.29 is 21.3 Å². The molecule has 7 nitrogen and oxygen atoms in total. The van der Waals surface area contributed by atoms with Crippen molar-refractivity contribution in [3.63, 3.8) is 0 Å². The summed E-state index contributed by atoms with van der Waals surface area (Å²) in [5.74, 6) is 0. The monoisotopic (exact) mass is 410 g/mol. The highest BCUT2D eigenvalue weighted by atomic mass is 28.5.